The molecule has 4 heteroatoms. The normalized spacial score (nSPS) is 10.9. The number of pyridine rings is 1. The van der Waals surface area contributed by atoms with Crippen molar-refractivity contribution in [2.45, 2.75) is 40.3 Å². The molecule has 2 heterocycles. The number of anilines is 1. The quantitative estimate of drug-likeness (QED) is 0.899. The highest BCUT2D eigenvalue weighted by Gasteiger charge is 2.08. The lowest BCUT2D eigenvalue weighted by Gasteiger charge is -2.13. The molecule has 0 aliphatic heterocycles. The minimum atomic E-state index is 0.379. The lowest BCUT2D eigenvalue weighted by molar-refractivity contribution is 0.769. The van der Waals surface area contributed by atoms with Gasteiger partial charge in [-0.05, 0) is 44.9 Å². The fourth-order valence-corrected chi connectivity index (χ4v) is 1.90. The number of nitrogens with zero attached hydrogens (tertiary/aromatic N) is 3. The summed E-state index contributed by atoms with van der Waals surface area (Å²) in [6.45, 7) is 9.16. The number of rotatable bonds is 4. The number of nitrogens with one attached hydrogen (secondary N) is 1. The van der Waals surface area contributed by atoms with Crippen LogP contribution in [-0.2, 0) is 6.54 Å². The van der Waals surface area contributed by atoms with Gasteiger partial charge in [0.15, 0.2) is 0 Å². The van der Waals surface area contributed by atoms with Crippen molar-refractivity contribution in [2.24, 2.45) is 0 Å². The van der Waals surface area contributed by atoms with E-state index in [9.17, 15) is 0 Å². The number of imidazole rings is 1. The summed E-state index contributed by atoms with van der Waals surface area (Å²) in [5.41, 5.74) is 3.51. The second kappa shape index (κ2) is 5.21. The standard InChI is InChI=1S/C14H20N4/c1-10(2)16-14-17-12(4)8-18(14)9-13-5-6-15-7-11(13)3/h5-8,10H,9H2,1-4H3,(H,16,17). The summed E-state index contributed by atoms with van der Waals surface area (Å²) in [7, 11) is 0. The van der Waals surface area contributed by atoms with Crippen LogP contribution in [0.25, 0.3) is 0 Å². The molecule has 4 nitrogen and oxygen atoms in total. The molecule has 0 unspecified atom stereocenters. The summed E-state index contributed by atoms with van der Waals surface area (Å²) in [6, 6.07) is 2.44. The molecule has 0 bridgehead atoms. The largest absolute Gasteiger partial charge is 0.353 e. The van der Waals surface area contributed by atoms with E-state index in [2.05, 4.69) is 52.9 Å². The molecular formula is C14H20N4. The van der Waals surface area contributed by atoms with Crippen LogP contribution in [0.3, 0.4) is 0 Å². The lowest BCUT2D eigenvalue weighted by atomic mass is 10.1. The van der Waals surface area contributed by atoms with Gasteiger partial charge >= 0.3 is 0 Å². The van der Waals surface area contributed by atoms with E-state index in [1.54, 1.807) is 0 Å². The van der Waals surface area contributed by atoms with Gasteiger partial charge in [-0.2, -0.15) is 0 Å². The molecule has 96 valence electrons. The highest BCUT2D eigenvalue weighted by Crippen LogP contribution is 2.14. The van der Waals surface area contributed by atoms with Gasteiger partial charge in [-0.25, -0.2) is 4.98 Å². The molecule has 0 fully saturated rings. The van der Waals surface area contributed by atoms with Gasteiger partial charge in [-0.15, -0.1) is 0 Å². The second-order valence-electron chi connectivity index (χ2n) is 4.93. The van der Waals surface area contributed by atoms with E-state index in [0.29, 0.717) is 6.04 Å². The van der Waals surface area contributed by atoms with Gasteiger partial charge in [-0.3, -0.25) is 4.98 Å². The maximum atomic E-state index is 4.51. The number of aryl methyl sites for hydroxylation is 2. The Morgan fingerprint density at radius 1 is 1.33 bits per heavy atom. The molecule has 2 aromatic heterocycles. The van der Waals surface area contributed by atoms with Crippen LogP contribution in [0, 0.1) is 13.8 Å². The first-order valence-corrected chi connectivity index (χ1v) is 6.26. The Morgan fingerprint density at radius 2 is 2.11 bits per heavy atom. The predicted molar refractivity (Wildman–Crippen MR) is 73.8 cm³/mol. The van der Waals surface area contributed by atoms with Crippen LogP contribution in [0.4, 0.5) is 5.95 Å². The van der Waals surface area contributed by atoms with Crippen LogP contribution in [-0.4, -0.2) is 20.6 Å². The molecule has 18 heavy (non-hydrogen) atoms. The van der Waals surface area contributed by atoms with Gasteiger partial charge in [0.1, 0.15) is 0 Å². The maximum absolute atomic E-state index is 4.51. The number of hydrogen-bond donors (Lipinski definition) is 1. The Bertz CT molecular complexity index is 528. The summed E-state index contributed by atoms with van der Waals surface area (Å²) in [4.78, 5) is 8.63. The summed E-state index contributed by atoms with van der Waals surface area (Å²) in [5.74, 6) is 0.929. The summed E-state index contributed by atoms with van der Waals surface area (Å²) in [5, 5.41) is 3.37. The maximum Gasteiger partial charge on any atom is 0.203 e. The highest BCUT2D eigenvalue weighted by molar-refractivity contribution is 5.32. The molecule has 0 aliphatic carbocycles. The Kier molecular flexibility index (Phi) is 3.65. The molecule has 2 aromatic rings. The van der Waals surface area contributed by atoms with E-state index in [1.165, 1.54) is 11.1 Å². The van der Waals surface area contributed by atoms with Gasteiger partial charge in [0.05, 0.1) is 12.2 Å². The van der Waals surface area contributed by atoms with E-state index in [-0.39, 0.29) is 0 Å². The first-order chi connectivity index (χ1) is 8.56. The van der Waals surface area contributed by atoms with Crippen molar-refractivity contribution in [1.82, 2.24) is 14.5 Å². The molecule has 0 amide bonds. The fraction of sp³-hybridized carbons (Fsp3) is 0.429. The molecule has 2 rings (SSSR count). The average molecular weight is 244 g/mol. The van der Waals surface area contributed by atoms with Gasteiger partial charge in [0.25, 0.3) is 0 Å². The van der Waals surface area contributed by atoms with Crippen LogP contribution in [0.15, 0.2) is 24.7 Å². The molecular weight excluding hydrogens is 224 g/mol. The van der Waals surface area contributed by atoms with Crippen LogP contribution >= 0.6 is 0 Å². The van der Waals surface area contributed by atoms with Crippen molar-refractivity contribution < 1.29 is 0 Å². The van der Waals surface area contributed by atoms with E-state index in [0.717, 1.165) is 18.2 Å². The van der Waals surface area contributed by atoms with Crippen molar-refractivity contribution in [1.29, 1.82) is 0 Å². The Hall–Kier alpha value is -1.84. The van der Waals surface area contributed by atoms with E-state index in [4.69, 9.17) is 0 Å². The molecule has 0 aliphatic rings. The van der Waals surface area contributed by atoms with Gasteiger partial charge < -0.3 is 9.88 Å². The van der Waals surface area contributed by atoms with Crippen LogP contribution < -0.4 is 5.32 Å². The van der Waals surface area contributed by atoms with Crippen molar-refractivity contribution in [3.63, 3.8) is 0 Å². The summed E-state index contributed by atoms with van der Waals surface area (Å²) < 4.78 is 2.15. The monoisotopic (exact) mass is 244 g/mol. The third kappa shape index (κ3) is 2.88. The number of aromatic nitrogens is 3. The van der Waals surface area contributed by atoms with Crippen molar-refractivity contribution >= 4 is 5.95 Å². The van der Waals surface area contributed by atoms with E-state index < -0.39 is 0 Å². The summed E-state index contributed by atoms with van der Waals surface area (Å²) >= 11 is 0. The third-order valence-corrected chi connectivity index (χ3v) is 2.79. The van der Waals surface area contributed by atoms with E-state index in [1.807, 2.05) is 19.3 Å². The predicted octanol–water partition coefficient (Wildman–Crippen LogP) is 2.76. The molecule has 0 radical (unpaired) electrons. The van der Waals surface area contributed by atoms with E-state index >= 15 is 0 Å². The zero-order valence-electron chi connectivity index (χ0n) is 11.4. The Balaban J connectivity index is 2.26. The number of hydrogen-bond acceptors (Lipinski definition) is 3. The van der Waals surface area contributed by atoms with Crippen LogP contribution in [0.1, 0.15) is 30.7 Å². The first kappa shape index (κ1) is 12.6. The minimum absolute atomic E-state index is 0.379. The fourth-order valence-electron chi connectivity index (χ4n) is 1.90. The van der Waals surface area contributed by atoms with Gasteiger partial charge in [0.2, 0.25) is 5.95 Å². The smallest absolute Gasteiger partial charge is 0.203 e. The Morgan fingerprint density at radius 3 is 2.78 bits per heavy atom. The lowest BCUT2D eigenvalue weighted by Crippen LogP contribution is -2.15. The zero-order chi connectivity index (χ0) is 13.1. The highest BCUT2D eigenvalue weighted by atomic mass is 15.2. The van der Waals surface area contributed by atoms with Crippen LogP contribution in [0.5, 0.6) is 0 Å². The first-order valence-electron chi connectivity index (χ1n) is 6.26. The molecule has 0 atom stereocenters. The van der Waals surface area contributed by atoms with Crippen LogP contribution in [0.2, 0.25) is 0 Å². The SMILES string of the molecule is Cc1cn(Cc2ccncc2C)c(NC(C)C)n1. The molecule has 0 saturated heterocycles. The third-order valence-electron chi connectivity index (χ3n) is 2.79. The van der Waals surface area contributed by atoms with Crippen molar-refractivity contribution in [3.8, 4) is 0 Å². The molecule has 0 spiro atoms. The molecule has 0 aromatic carbocycles. The minimum Gasteiger partial charge on any atom is -0.353 e. The van der Waals surface area contributed by atoms with Gasteiger partial charge in [-0.1, -0.05) is 0 Å². The van der Waals surface area contributed by atoms with Crippen molar-refractivity contribution in [3.05, 3.63) is 41.5 Å². The topological polar surface area (TPSA) is 42.7 Å². The zero-order valence-corrected chi connectivity index (χ0v) is 11.4. The Labute approximate surface area is 108 Å². The molecule has 0 saturated carbocycles. The summed E-state index contributed by atoms with van der Waals surface area (Å²) in [6.07, 6.45) is 5.81. The average Bonchev–Trinajstić information content (AvgIpc) is 2.61. The molecule has 1 N–H and O–H groups in total. The van der Waals surface area contributed by atoms with Crippen molar-refractivity contribution in [2.75, 3.05) is 5.32 Å². The van der Waals surface area contributed by atoms with Gasteiger partial charge in [0, 0.05) is 24.6 Å². The second-order valence-corrected chi connectivity index (χ2v) is 4.93.